The van der Waals surface area contributed by atoms with Gasteiger partial charge in [-0.15, -0.1) is 0 Å². The van der Waals surface area contributed by atoms with Gasteiger partial charge in [0.15, 0.2) is 49.9 Å². The third-order valence-electron chi connectivity index (χ3n) is 26.8. The first kappa shape index (κ1) is 82.6. The molecule has 36 heteroatoms. The zero-order valence-electron chi connectivity index (χ0n) is 60.4. The van der Waals surface area contributed by atoms with Crippen molar-refractivity contribution in [2.24, 2.45) is 50.2 Å². The summed E-state index contributed by atoms with van der Waals surface area (Å²) < 4.78 is 85.0. The van der Waals surface area contributed by atoms with Crippen LogP contribution in [0.15, 0.2) is 11.6 Å². The number of carboxylic acid groups (broad SMARTS) is 1. The van der Waals surface area contributed by atoms with E-state index in [2.05, 4.69) is 40.7 Å². The van der Waals surface area contributed by atoms with Crippen molar-refractivity contribution in [2.45, 2.75) is 328 Å². The van der Waals surface area contributed by atoms with Crippen molar-refractivity contribution in [1.82, 2.24) is 0 Å². The number of carbonyl (C=O) groups excluding carboxylic acids is 2. The standard InChI is InChI=1S/C70H110O36/c1-25-36(76)43(83)54(104-61-49(89)52(102-59-46(86)41(81)39(79)31(20-71)97-59)50(26(2)96-61)100-57-44(84)37(77)29(74)22-93-57)62(95-25)106-64(92)70-17-15-65(3,4)19-28(70)27-9-10-34-66(5)13-12-35(67(6,24-73)33(66)11-14-69(34,8)68(27,7)16-18-70)99-63-55(105-60-47(87)42(82)40(80)32(21-72)98-60)51(48(88)53(103-63)56(90)91)101-58-45(85)38(78)30(75)23-94-58/h9,24-26,28-55,57-63,71-72,74-89H,10-23H2,1-8H3,(H,90,91)/t25-,26+,28+,29-,30-,31-,32-,33?,34?,35+,36+,37+,38+,39-,40+,41+,42+,43+,44-,45-,46-,47-,48+,49-,50+,51+,52+,53+,54-,55-,57+,58+,59+,60+,61+,62+,63-,66+,67+,68-,69-,70+/m1/s1. The highest BCUT2D eigenvalue weighted by Gasteiger charge is 2.72. The molecule has 11 fully saturated rings. The average molecular weight is 1530 g/mol. The van der Waals surface area contributed by atoms with Crippen molar-refractivity contribution in [1.29, 1.82) is 0 Å². The van der Waals surface area contributed by atoms with Gasteiger partial charge in [-0.3, -0.25) is 4.79 Å². The molecule has 12 rings (SSSR count). The third kappa shape index (κ3) is 14.2. The second kappa shape index (κ2) is 31.1. The van der Waals surface area contributed by atoms with Crippen molar-refractivity contribution < 1.29 is 178 Å². The van der Waals surface area contributed by atoms with Crippen LogP contribution < -0.4 is 0 Å². The first-order valence-corrected chi connectivity index (χ1v) is 36.9. The topological polar surface area (TPSA) is 565 Å². The van der Waals surface area contributed by atoms with E-state index < -0.39 is 286 Å². The molecule has 2 unspecified atom stereocenters. The second-order valence-corrected chi connectivity index (χ2v) is 33.5. The molecule has 12 aliphatic rings. The van der Waals surface area contributed by atoms with Crippen LogP contribution in [0, 0.1) is 50.2 Å². The van der Waals surface area contributed by atoms with Gasteiger partial charge in [0, 0.05) is 0 Å². The number of esters is 1. The Labute approximate surface area is 610 Å². The maximum absolute atomic E-state index is 15.8. The van der Waals surface area contributed by atoms with Gasteiger partial charge in [0.2, 0.25) is 6.29 Å². The minimum atomic E-state index is -2.21. The van der Waals surface area contributed by atoms with Crippen LogP contribution in [-0.4, -0.2) is 351 Å². The molecule has 7 aliphatic heterocycles. The first-order chi connectivity index (χ1) is 49.8. The molecule has 42 atom stereocenters. The highest BCUT2D eigenvalue weighted by atomic mass is 16.8. The Kier molecular flexibility index (Phi) is 24.3. The monoisotopic (exact) mass is 1530 g/mol. The van der Waals surface area contributed by atoms with Gasteiger partial charge < -0.3 is 168 Å². The second-order valence-electron chi connectivity index (χ2n) is 33.5. The first-order valence-electron chi connectivity index (χ1n) is 36.9. The fourth-order valence-corrected chi connectivity index (χ4v) is 20.1. The molecule has 5 aliphatic carbocycles. The number of aldehydes is 1. The summed E-state index contributed by atoms with van der Waals surface area (Å²) in [6, 6.07) is 0. The van der Waals surface area contributed by atoms with E-state index in [4.69, 9.17) is 66.3 Å². The van der Waals surface area contributed by atoms with Crippen molar-refractivity contribution in [3.8, 4) is 0 Å². The Morgan fingerprint density at radius 2 is 0.991 bits per heavy atom. The zero-order chi connectivity index (χ0) is 77.3. The Hall–Kier alpha value is -2.89. The number of fused-ring (bicyclic) bond motifs is 7. The Balaban J connectivity index is 0.805. The minimum absolute atomic E-state index is 0.127. The summed E-state index contributed by atoms with van der Waals surface area (Å²) in [5.74, 6) is -3.43. The number of hydrogen-bond acceptors (Lipinski definition) is 35. The summed E-state index contributed by atoms with van der Waals surface area (Å²) in [4.78, 5) is 43.1. The fourth-order valence-electron chi connectivity index (χ4n) is 20.1. The Morgan fingerprint density at radius 1 is 0.481 bits per heavy atom. The predicted molar refractivity (Wildman–Crippen MR) is 347 cm³/mol. The molecule has 606 valence electrons. The molecule has 106 heavy (non-hydrogen) atoms. The zero-order valence-corrected chi connectivity index (χ0v) is 60.4. The smallest absolute Gasteiger partial charge is 0.335 e. The number of aliphatic hydroxyl groups is 18. The van der Waals surface area contributed by atoms with E-state index in [0.29, 0.717) is 57.8 Å². The lowest BCUT2D eigenvalue weighted by atomic mass is 9.33. The summed E-state index contributed by atoms with van der Waals surface area (Å²) >= 11 is 0. The molecule has 0 aromatic carbocycles. The van der Waals surface area contributed by atoms with Crippen LogP contribution in [0.4, 0.5) is 0 Å². The van der Waals surface area contributed by atoms with E-state index in [0.717, 1.165) is 11.9 Å². The fraction of sp³-hybridized carbons (Fsp3) is 0.929. The number of ether oxygens (including phenoxy) is 14. The number of aliphatic hydroxyl groups excluding tert-OH is 18. The number of allylic oxidation sites excluding steroid dienone is 2. The summed E-state index contributed by atoms with van der Waals surface area (Å²) in [5.41, 5.74) is -3.63. The SMILES string of the molecule is C[C@@H]1O[C@@H](O[C@H]2[C@H](OC(=O)[C@]34CCC(C)(C)C[C@H]3C3=CCC5[C@@]6(C)CC[C@H](O[C@@H]7O[C@H](C(=O)O)[C@@H](O)[C@H](O[C@@H]8OC[C@@H](O)[C@H](O)[C@H]8O)[C@H]7O[C@@H]7O[C@H](CO)[C@H](O)[C@H](O)[C@H]7O)[C@@](C)(C=O)C6CC[C@@]5(C)[C@]3(C)CC4)O[C@H](C)[C@H](O)[C@@H]2O)[C@H](O)[C@H](O[C@@H]2O[C@H](CO)[C@@H](O)[C@H](O)[C@H]2O)[C@H]1O[C@@H]1OC[C@@H](O)[C@H](O)[C@H]1O. The molecule has 4 saturated carbocycles. The van der Waals surface area contributed by atoms with Crippen LogP contribution >= 0.6 is 0 Å². The predicted octanol–water partition coefficient (Wildman–Crippen LogP) is -5.96. The maximum atomic E-state index is 15.8. The van der Waals surface area contributed by atoms with E-state index >= 15 is 4.79 Å². The van der Waals surface area contributed by atoms with E-state index in [9.17, 15) is 107 Å². The van der Waals surface area contributed by atoms with Crippen molar-refractivity contribution in [3.05, 3.63) is 11.6 Å². The molecule has 0 aromatic rings. The summed E-state index contributed by atoms with van der Waals surface area (Å²) in [7, 11) is 0. The molecule has 0 radical (unpaired) electrons. The molecular weight excluding hydrogens is 1420 g/mol. The van der Waals surface area contributed by atoms with Gasteiger partial charge in [-0.1, -0.05) is 53.2 Å². The quantitative estimate of drug-likeness (QED) is 0.0263. The third-order valence-corrected chi connectivity index (χ3v) is 26.8. The molecule has 19 N–H and O–H groups in total. The van der Waals surface area contributed by atoms with Crippen molar-refractivity contribution >= 4 is 18.2 Å². The normalized spacial score (nSPS) is 54.7. The molecule has 7 saturated heterocycles. The molecular formula is C70H110O36. The van der Waals surface area contributed by atoms with Gasteiger partial charge in [-0.2, -0.15) is 0 Å². The van der Waals surface area contributed by atoms with Crippen LogP contribution in [0.3, 0.4) is 0 Å². The lowest BCUT2D eigenvalue weighted by Gasteiger charge is -2.71. The van der Waals surface area contributed by atoms with Gasteiger partial charge in [-0.25, -0.2) is 4.79 Å². The highest BCUT2D eigenvalue weighted by Crippen LogP contribution is 2.76. The molecule has 0 bridgehead atoms. The van der Waals surface area contributed by atoms with Gasteiger partial charge in [0.1, 0.15) is 141 Å². The van der Waals surface area contributed by atoms with E-state index in [1.54, 1.807) is 6.92 Å². The number of aliphatic carboxylic acids is 1. The molecule has 0 aromatic heterocycles. The Bertz CT molecular complexity index is 3100. The number of carbonyl (C=O) groups is 3. The van der Waals surface area contributed by atoms with Gasteiger partial charge in [-0.05, 0) is 117 Å². The van der Waals surface area contributed by atoms with Gasteiger partial charge in [0.25, 0.3) is 0 Å². The molecule has 36 nitrogen and oxygen atoms in total. The van der Waals surface area contributed by atoms with Crippen LogP contribution in [0.1, 0.15) is 120 Å². The highest BCUT2D eigenvalue weighted by molar-refractivity contribution is 5.79. The maximum Gasteiger partial charge on any atom is 0.335 e. The van der Waals surface area contributed by atoms with Crippen LogP contribution in [0.5, 0.6) is 0 Å². The summed E-state index contributed by atoms with van der Waals surface area (Å²) in [5, 5.41) is 207. The summed E-state index contributed by atoms with van der Waals surface area (Å²) in [6.07, 6.45) is -53.9. The number of carboxylic acids is 1. The van der Waals surface area contributed by atoms with E-state index in [-0.39, 0.29) is 17.8 Å². The lowest BCUT2D eigenvalue weighted by molar-refractivity contribution is -0.394. The molecule has 0 spiro atoms. The van der Waals surface area contributed by atoms with Crippen molar-refractivity contribution in [3.63, 3.8) is 0 Å². The van der Waals surface area contributed by atoms with Crippen LogP contribution in [0.2, 0.25) is 0 Å². The molecule has 0 amide bonds. The summed E-state index contributed by atoms with van der Waals surface area (Å²) in [6.45, 7) is 12.6. The van der Waals surface area contributed by atoms with Gasteiger partial charge >= 0.3 is 11.9 Å². The van der Waals surface area contributed by atoms with E-state index in [1.165, 1.54) is 13.8 Å². The number of rotatable bonds is 18. The van der Waals surface area contributed by atoms with Gasteiger partial charge in [0.05, 0.1) is 55.6 Å². The Morgan fingerprint density at radius 3 is 1.56 bits per heavy atom. The van der Waals surface area contributed by atoms with E-state index in [1.807, 2.05) is 0 Å². The van der Waals surface area contributed by atoms with Crippen LogP contribution in [0.25, 0.3) is 0 Å². The van der Waals surface area contributed by atoms with Crippen LogP contribution in [-0.2, 0) is 80.7 Å². The molecule has 7 heterocycles. The minimum Gasteiger partial charge on any atom is -0.479 e. The largest absolute Gasteiger partial charge is 0.479 e. The number of hydrogen-bond donors (Lipinski definition) is 19. The van der Waals surface area contributed by atoms with Crippen molar-refractivity contribution in [2.75, 3.05) is 26.4 Å². The lowest BCUT2D eigenvalue weighted by Crippen LogP contribution is -2.69. The average Bonchev–Trinajstić information content (AvgIpc) is 0.673.